The second-order valence-corrected chi connectivity index (χ2v) is 4.39. The Morgan fingerprint density at radius 1 is 1.36 bits per heavy atom. The van der Waals surface area contributed by atoms with Crippen LogP contribution in [0.1, 0.15) is 6.42 Å². The van der Waals surface area contributed by atoms with E-state index in [0.717, 1.165) is 0 Å². The normalized spacial score (nSPS) is 11.7. The lowest BCUT2D eigenvalue weighted by Gasteiger charge is -2.14. The summed E-state index contributed by atoms with van der Waals surface area (Å²) in [5, 5.41) is 24.7. The molecule has 0 fully saturated rings. The molecule has 1 unspecified atom stereocenters. The predicted molar refractivity (Wildman–Crippen MR) is 77.6 cm³/mol. The SMILES string of the molecule is COCCNC(CC(=O)Nc1ccc([N+](=O)[O-])cc1)C(=O)O. The highest BCUT2D eigenvalue weighted by molar-refractivity contribution is 5.94. The molecule has 1 rings (SSSR count). The van der Waals surface area contributed by atoms with Crippen molar-refractivity contribution in [1.82, 2.24) is 5.32 Å². The van der Waals surface area contributed by atoms with E-state index in [1.807, 2.05) is 0 Å². The van der Waals surface area contributed by atoms with Gasteiger partial charge in [-0.15, -0.1) is 0 Å². The van der Waals surface area contributed by atoms with E-state index in [1.165, 1.54) is 31.4 Å². The molecule has 3 N–H and O–H groups in total. The van der Waals surface area contributed by atoms with Crippen LogP contribution in [0.2, 0.25) is 0 Å². The number of nitrogens with zero attached hydrogens (tertiary/aromatic N) is 1. The van der Waals surface area contributed by atoms with Crippen molar-refractivity contribution in [2.24, 2.45) is 0 Å². The van der Waals surface area contributed by atoms with Gasteiger partial charge in [0.1, 0.15) is 6.04 Å². The number of carboxylic acids is 1. The molecule has 0 saturated heterocycles. The summed E-state index contributed by atoms with van der Waals surface area (Å²) < 4.78 is 4.79. The van der Waals surface area contributed by atoms with Crippen molar-refractivity contribution in [3.05, 3.63) is 34.4 Å². The van der Waals surface area contributed by atoms with Crippen LogP contribution in [0.15, 0.2) is 24.3 Å². The van der Waals surface area contributed by atoms with Crippen molar-refractivity contribution in [2.75, 3.05) is 25.6 Å². The Labute approximate surface area is 126 Å². The highest BCUT2D eigenvalue weighted by Crippen LogP contribution is 2.15. The molecule has 9 heteroatoms. The van der Waals surface area contributed by atoms with Crippen LogP contribution in [0.5, 0.6) is 0 Å². The number of carbonyl (C=O) groups is 2. The van der Waals surface area contributed by atoms with E-state index in [9.17, 15) is 19.7 Å². The zero-order valence-electron chi connectivity index (χ0n) is 11.9. The quantitative estimate of drug-likeness (QED) is 0.346. The van der Waals surface area contributed by atoms with Gasteiger partial charge in [0, 0.05) is 31.5 Å². The molecular weight excluding hydrogens is 294 g/mol. The fourth-order valence-corrected chi connectivity index (χ4v) is 1.65. The first kappa shape index (κ1) is 17.5. The van der Waals surface area contributed by atoms with Crippen molar-refractivity contribution in [1.29, 1.82) is 0 Å². The van der Waals surface area contributed by atoms with Crippen LogP contribution in [0.4, 0.5) is 11.4 Å². The zero-order valence-corrected chi connectivity index (χ0v) is 11.9. The Balaban J connectivity index is 2.55. The van der Waals surface area contributed by atoms with E-state index >= 15 is 0 Å². The fraction of sp³-hybridized carbons (Fsp3) is 0.385. The molecule has 0 aromatic heterocycles. The Bertz CT molecular complexity index is 531. The molecule has 22 heavy (non-hydrogen) atoms. The number of anilines is 1. The largest absolute Gasteiger partial charge is 0.480 e. The number of ether oxygens (including phenoxy) is 1. The summed E-state index contributed by atoms with van der Waals surface area (Å²) >= 11 is 0. The molecule has 0 aliphatic rings. The van der Waals surface area contributed by atoms with Gasteiger partial charge in [0.15, 0.2) is 0 Å². The molecule has 1 aromatic rings. The summed E-state index contributed by atoms with van der Waals surface area (Å²) in [5.74, 6) is -1.65. The van der Waals surface area contributed by atoms with Crippen LogP contribution >= 0.6 is 0 Å². The number of nitro benzene ring substituents is 1. The number of hydrogen-bond donors (Lipinski definition) is 3. The molecule has 1 amide bonds. The molecule has 0 saturated carbocycles. The second kappa shape index (κ2) is 8.70. The van der Waals surface area contributed by atoms with Gasteiger partial charge in [-0.1, -0.05) is 0 Å². The first-order valence-electron chi connectivity index (χ1n) is 6.43. The lowest BCUT2D eigenvalue weighted by Crippen LogP contribution is -2.41. The third-order valence-electron chi connectivity index (χ3n) is 2.75. The number of amides is 1. The van der Waals surface area contributed by atoms with Crippen molar-refractivity contribution < 1.29 is 24.4 Å². The standard InChI is InChI=1S/C13H17N3O6/c1-22-7-6-14-11(13(18)19)8-12(17)15-9-2-4-10(5-3-9)16(20)21/h2-5,11,14H,6-8H2,1H3,(H,15,17)(H,18,19). The van der Waals surface area contributed by atoms with E-state index in [-0.39, 0.29) is 12.1 Å². The Morgan fingerprint density at radius 2 is 2.00 bits per heavy atom. The third kappa shape index (κ3) is 5.85. The van der Waals surface area contributed by atoms with E-state index in [1.54, 1.807) is 0 Å². The summed E-state index contributed by atoms with van der Waals surface area (Å²) in [6.45, 7) is 0.631. The minimum Gasteiger partial charge on any atom is -0.480 e. The van der Waals surface area contributed by atoms with Crippen molar-refractivity contribution in [3.8, 4) is 0 Å². The number of carboxylic acid groups (broad SMARTS) is 1. The van der Waals surface area contributed by atoms with E-state index in [4.69, 9.17) is 9.84 Å². The molecule has 120 valence electrons. The molecule has 1 aromatic carbocycles. The van der Waals surface area contributed by atoms with Gasteiger partial charge in [-0.25, -0.2) is 0 Å². The van der Waals surface area contributed by atoms with Crippen LogP contribution in [0, 0.1) is 10.1 Å². The third-order valence-corrected chi connectivity index (χ3v) is 2.75. The van der Waals surface area contributed by atoms with Gasteiger partial charge >= 0.3 is 5.97 Å². The molecule has 0 spiro atoms. The lowest BCUT2D eigenvalue weighted by atomic mass is 10.2. The topological polar surface area (TPSA) is 131 Å². The van der Waals surface area contributed by atoms with Crippen LogP contribution in [-0.4, -0.2) is 48.2 Å². The van der Waals surface area contributed by atoms with Gasteiger partial charge in [0.2, 0.25) is 5.91 Å². The number of nitro groups is 1. The highest BCUT2D eigenvalue weighted by atomic mass is 16.6. The van der Waals surface area contributed by atoms with Gasteiger partial charge in [-0.05, 0) is 12.1 Å². The van der Waals surface area contributed by atoms with Crippen molar-refractivity contribution in [2.45, 2.75) is 12.5 Å². The van der Waals surface area contributed by atoms with Gasteiger partial charge in [-0.3, -0.25) is 19.7 Å². The molecule has 0 bridgehead atoms. The number of hydrogen-bond acceptors (Lipinski definition) is 6. The van der Waals surface area contributed by atoms with Crippen molar-refractivity contribution in [3.63, 3.8) is 0 Å². The van der Waals surface area contributed by atoms with E-state index in [2.05, 4.69) is 10.6 Å². The van der Waals surface area contributed by atoms with E-state index < -0.39 is 22.8 Å². The van der Waals surface area contributed by atoms with E-state index in [0.29, 0.717) is 18.8 Å². The van der Waals surface area contributed by atoms with Gasteiger partial charge in [0.05, 0.1) is 18.0 Å². The Kier molecular flexibility index (Phi) is 6.93. The molecule has 0 aliphatic carbocycles. The number of carbonyl (C=O) groups excluding carboxylic acids is 1. The molecule has 0 radical (unpaired) electrons. The second-order valence-electron chi connectivity index (χ2n) is 4.39. The van der Waals surface area contributed by atoms with Gasteiger partial charge < -0.3 is 20.5 Å². The maximum Gasteiger partial charge on any atom is 0.321 e. The molecule has 0 aliphatic heterocycles. The fourth-order valence-electron chi connectivity index (χ4n) is 1.65. The van der Waals surface area contributed by atoms with Crippen LogP contribution < -0.4 is 10.6 Å². The number of benzene rings is 1. The van der Waals surface area contributed by atoms with Gasteiger partial charge in [-0.2, -0.15) is 0 Å². The number of non-ortho nitro benzene ring substituents is 1. The molecule has 0 heterocycles. The zero-order chi connectivity index (χ0) is 16.5. The molecule has 1 atom stereocenters. The smallest absolute Gasteiger partial charge is 0.321 e. The molecular formula is C13H17N3O6. The van der Waals surface area contributed by atoms with Crippen LogP contribution in [0.25, 0.3) is 0 Å². The summed E-state index contributed by atoms with van der Waals surface area (Å²) in [5.41, 5.74) is 0.263. The minimum absolute atomic E-state index is 0.0948. The van der Waals surface area contributed by atoms with Crippen molar-refractivity contribution >= 4 is 23.3 Å². The van der Waals surface area contributed by atoms with Crippen LogP contribution in [0.3, 0.4) is 0 Å². The number of methoxy groups -OCH3 is 1. The summed E-state index contributed by atoms with van der Waals surface area (Å²) in [4.78, 5) is 32.8. The number of nitrogens with one attached hydrogen (secondary N) is 2. The first-order valence-corrected chi connectivity index (χ1v) is 6.43. The lowest BCUT2D eigenvalue weighted by molar-refractivity contribution is -0.384. The molecule has 9 nitrogen and oxygen atoms in total. The first-order chi connectivity index (χ1) is 10.4. The summed E-state index contributed by atoms with van der Waals surface area (Å²) in [7, 11) is 1.48. The Hall–Kier alpha value is -2.52. The summed E-state index contributed by atoms with van der Waals surface area (Å²) in [6, 6.07) is 4.23. The van der Waals surface area contributed by atoms with Gasteiger partial charge in [0.25, 0.3) is 5.69 Å². The number of aliphatic carboxylic acids is 1. The Morgan fingerprint density at radius 3 is 2.50 bits per heavy atom. The summed E-state index contributed by atoms with van der Waals surface area (Å²) in [6.07, 6.45) is -0.268. The highest BCUT2D eigenvalue weighted by Gasteiger charge is 2.20. The minimum atomic E-state index is -1.14. The monoisotopic (exact) mass is 311 g/mol. The van der Waals surface area contributed by atoms with Crippen LogP contribution in [-0.2, 0) is 14.3 Å². The maximum atomic E-state index is 11.8. The average Bonchev–Trinajstić information content (AvgIpc) is 2.46. The maximum absolute atomic E-state index is 11.8. The number of rotatable bonds is 9. The average molecular weight is 311 g/mol. The predicted octanol–water partition coefficient (Wildman–Crippen LogP) is 0.613.